The van der Waals surface area contributed by atoms with Crippen molar-refractivity contribution < 1.29 is 13.2 Å². The Balaban J connectivity index is 1.68. The van der Waals surface area contributed by atoms with Gasteiger partial charge in [0.2, 0.25) is 0 Å². The van der Waals surface area contributed by atoms with Gasteiger partial charge in [-0.2, -0.15) is 13.2 Å². The van der Waals surface area contributed by atoms with E-state index in [-0.39, 0.29) is 11.8 Å². The molecule has 138 valence electrons. The molecule has 0 atom stereocenters. The number of benzene rings is 2. The van der Waals surface area contributed by atoms with Crippen LogP contribution in [0.4, 0.5) is 13.2 Å². The molecule has 0 fully saturated rings. The molecule has 0 unspecified atom stereocenters. The van der Waals surface area contributed by atoms with Crippen molar-refractivity contribution >= 4 is 0 Å². The zero-order valence-electron chi connectivity index (χ0n) is 15.2. The Labute approximate surface area is 153 Å². The van der Waals surface area contributed by atoms with Crippen molar-refractivity contribution in [2.24, 2.45) is 0 Å². The summed E-state index contributed by atoms with van der Waals surface area (Å²) < 4.78 is 38.3. The molecule has 0 bridgehead atoms. The molecule has 4 heteroatoms. The largest absolute Gasteiger partial charge is 0.412 e. The molecule has 2 aromatic rings. The summed E-state index contributed by atoms with van der Waals surface area (Å²) in [4.78, 5) is 2.10. The lowest BCUT2D eigenvalue weighted by atomic mass is 9.83. The third-order valence-electron chi connectivity index (χ3n) is 5.05. The van der Waals surface area contributed by atoms with Gasteiger partial charge in [0.1, 0.15) is 0 Å². The summed E-state index contributed by atoms with van der Waals surface area (Å²) in [6.45, 7) is 5.84. The maximum Gasteiger partial charge on any atom is 0.412 e. The van der Waals surface area contributed by atoms with Gasteiger partial charge < -0.3 is 0 Å². The van der Waals surface area contributed by atoms with Gasteiger partial charge in [-0.15, -0.1) is 0 Å². The van der Waals surface area contributed by atoms with Crippen LogP contribution in [0.15, 0.2) is 66.2 Å². The quantitative estimate of drug-likeness (QED) is 0.621. The number of halogens is 3. The number of nitrogens with zero attached hydrogens (tertiary/aromatic N) is 1. The molecule has 0 aliphatic carbocycles. The minimum atomic E-state index is -4.19. The molecule has 2 aromatic carbocycles. The Morgan fingerprint density at radius 2 is 1.50 bits per heavy atom. The molecule has 1 aliphatic rings. The topological polar surface area (TPSA) is 3.24 Å². The average molecular weight is 359 g/mol. The lowest BCUT2D eigenvalue weighted by molar-refractivity contribution is -0.0961. The minimum absolute atomic E-state index is 0.0759. The van der Waals surface area contributed by atoms with E-state index < -0.39 is 11.7 Å². The van der Waals surface area contributed by atoms with Crippen molar-refractivity contribution in [2.45, 2.75) is 31.9 Å². The van der Waals surface area contributed by atoms with Gasteiger partial charge in [-0.25, -0.2) is 0 Å². The van der Waals surface area contributed by atoms with Gasteiger partial charge in [0.05, 0.1) is 0 Å². The summed E-state index contributed by atoms with van der Waals surface area (Å²) in [5, 5.41) is 0. The van der Waals surface area contributed by atoms with E-state index in [0.717, 1.165) is 6.54 Å². The van der Waals surface area contributed by atoms with Crippen molar-refractivity contribution in [3.63, 3.8) is 0 Å². The van der Waals surface area contributed by atoms with Crippen LogP contribution in [-0.4, -0.2) is 30.7 Å². The zero-order valence-corrected chi connectivity index (χ0v) is 15.2. The Morgan fingerprint density at radius 3 is 2.04 bits per heavy atom. The second-order valence-corrected chi connectivity index (χ2v) is 7.54. The zero-order chi connectivity index (χ0) is 18.8. The number of alkyl halides is 3. The van der Waals surface area contributed by atoms with Gasteiger partial charge in [0, 0.05) is 30.6 Å². The molecule has 26 heavy (non-hydrogen) atoms. The van der Waals surface area contributed by atoms with E-state index >= 15 is 0 Å². The molecule has 0 N–H and O–H groups in total. The third kappa shape index (κ3) is 4.36. The summed E-state index contributed by atoms with van der Waals surface area (Å²) in [6.07, 6.45) is -2.78. The van der Waals surface area contributed by atoms with Crippen LogP contribution in [0.1, 0.15) is 25.8 Å². The molecule has 0 amide bonds. The lowest BCUT2D eigenvalue weighted by Crippen LogP contribution is -2.40. The van der Waals surface area contributed by atoms with Gasteiger partial charge in [-0.05, 0) is 23.1 Å². The highest BCUT2D eigenvalue weighted by molar-refractivity contribution is 5.63. The number of rotatable bonds is 4. The van der Waals surface area contributed by atoms with Crippen LogP contribution in [0.5, 0.6) is 0 Å². The van der Waals surface area contributed by atoms with Crippen LogP contribution in [0.25, 0.3) is 11.1 Å². The van der Waals surface area contributed by atoms with Crippen molar-refractivity contribution in [3.05, 3.63) is 71.8 Å². The minimum Gasteiger partial charge on any atom is -0.298 e. The molecule has 3 rings (SSSR count). The summed E-state index contributed by atoms with van der Waals surface area (Å²) in [7, 11) is 0. The van der Waals surface area contributed by atoms with E-state index in [0.29, 0.717) is 13.1 Å². The summed E-state index contributed by atoms with van der Waals surface area (Å²) >= 11 is 0. The summed E-state index contributed by atoms with van der Waals surface area (Å²) in [5.41, 5.74) is 3.03. The molecule has 1 heterocycles. The molecule has 1 aliphatic heterocycles. The van der Waals surface area contributed by atoms with Crippen LogP contribution in [0, 0.1) is 0 Å². The molecule has 0 saturated heterocycles. The van der Waals surface area contributed by atoms with Crippen LogP contribution >= 0.6 is 0 Å². The van der Waals surface area contributed by atoms with Crippen LogP contribution in [0.3, 0.4) is 0 Å². The van der Waals surface area contributed by atoms with Gasteiger partial charge in [0.15, 0.2) is 0 Å². The second-order valence-electron chi connectivity index (χ2n) is 7.54. The molecule has 0 radical (unpaired) electrons. The standard InChI is InChI=1S/C22H24F3N/c1-21(2,16-26-14-12-20(13-15-26)22(23,24)25)19-10-8-18(9-11-19)17-6-4-3-5-7-17/h3-12H,13-16H2,1-2H3. The monoisotopic (exact) mass is 359 g/mol. The van der Waals surface area contributed by atoms with Crippen LogP contribution in [0.2, 0.25) is 0 Å². The fraction of sp³-hybridized carbons (Fsp3) is 0.364. The molecular weight excluding hydrogens is 335 g/mol. The SMILES string of the molecule is CC(C)(CN1CC=C(C(F)(F)F)CC1)c1ccc(-c2ccccc2)cc1. The third-order valence-corrected chi connectivity index (χ3v) is 5.05. The van der Waals surface area contributed by atoms with Gasteiger partial charge >= 0.3 is 6.18 Å². The molecule has 1 nitrogen and oxygen atoms in total. The van der Waals surface area contributed by atoms with E-state index in [1.807, 2.05) is 18.2 Å². The first-order valence-corrected chi connectivity index (χ1v) is 8.90. The van der Waals surface area contributed by atoms with E-state index in [1.54, 1.807) is 0 Å². The van der Waals surface area contributed by atoms with Crippen molar-refractivity contribution in [1.29, 1.82) is 0 Å². The normalized spacial score (nSPS) is 16.4. The van der Waals surface area contributed by atoms with Crippen LogP contribution in [-0.2, 0) is 5.41 Å². The average Bonchev–Trinajstić information content (AvgIpc) is 2.62. The van der Waals surface area contributed by atoms with E-state index in [1.165, 1.54) is 22.8 Å². The highest BCUT2D eigenvalue weighted by Gasteiger charge is 2.35. The highest BCUT2D eigenvalue weighted by Crippen LogP contribution is 2.32. The van der Waals surface area contributed by atoms with Gasteiger partial charge in [0.25, 0.3) is 0 Å². The summed E-state index contributed by atoms with van der Waals surface area (Å²) in [5.74, 6) is 0. The van der Waals surface area contributed by atoms with Crippen LogP contribution < -0.4 is 0 Å². The van der Waals surface area contributed by atoms with Gasteiger partial charge in [-0.3, -0.25) is 4.90 Å². The molecule has 0 saturated carbocycles. The first-order valence-electron chi connectivity index (χ1n) is 8.90. The predicted molar refractivity (Wildman–Crippen MR) is 100 cm³/mol. The number of hydrogen-bond donors (Lipinski definition) is 0. The van der Waals surface area contributed by atoms with E-state index in [9.17, 15) is 13.2 Å². The molecule has 0 aromatic heterocycles. The second kappa shape index (κ2) is 7.28. The van der Waals surface area contributed by atoms with Crippen molar-refractivity contribution in [1.82, 2.24) is 4.90 Å². The molecule has 0 spiro atoms. The highest BCUT2D eigenvalue weighted by atomic mass is 19.4. The Kier molecular flexibility index (Phi) is 5.24. The molecular formula is C22H24F3N. The smallest absolute Gasteiger partial charge is 0.298 e. The van der Waals surface area contributed by atoms with Crippen molar-refractivity contribution in [3.8, 4) is 11.1 Å². The Bertz CT molecular complexity index is 758. The Hall–Kier alpha value is -2.07. The number of hydrogen-bond acceptors (Lipinski definition) is 1. The maximum absolute atomic E-state index is 12.8. The predicted octanol–water partition coefficient (Wildman–Crippen LogP) is 5.83. The Morgan fingerprint density at radius 1 is 0.885 bits per heavy atom. The van der Waals surface area contributed by atoms with Gasteiger partial charge in [-0.1, -0.05) is 74.5 Å². The first kappa shape index (κ1) is 18.7. The fourth-order valence-corrected chi connectivity index (χ4v) is 3.51. The van der Waals surface area contributed by atoms with Crippen molar-refractivity contribution in [2.75, 3.05) is 19.6 Å². The maximum atomic E-state index is 12.8. The fourth-order valence-electron chi connectivity index (χ4n) is 3.51. The lowest BCUT2D eigenvalue weighted by Gasteiger charge is -2.35. The van der Waals surface area contributed by atoms with E-state index in [2.05, 4.69) is 55.1 Å². The van der Waals surface area contributed by atoms with E-state index in [4.69, 9.17) is 0 Å². The summed E-state index contributed by atoms with van der Waals surface area (Å²) in [6, 6.07) is 18.7. The first-order chi connectivity index (χ1) is 12.3.